The van der Waals surface area contributed by atoms with Gasteiger partial charge in [0.25, 0.3) is 0 Å². The minimum atomic E-state index is -5.33. The van der Waals surface area contributed by atoms with E-state index in [1.807, 2.05) is 18.2 Å². The third-order valence-electron chi connectivity index (χ3n) is 7.03. The van der Waals surface area contributed by atoms with Crippen LogP contribution in [0.3, 0.4) is 0 Å². The first-order valence-electron chi connectivity index (χ1n) is 14.0. The monoisotopic (exact) mass is 639 g/mol. The number of aliphatic imine (C=N–C) groups is 1. The Hall–Kier alpha value is -4.55. The van der Waals surface area contributed by atoms with Crippen molar-refractivity contribution in [3.05, 3.63) is 102 Å². The fourth-order valence-electron chi connectivity index (χ4n) is 4.55. The van der Waals surface area contributed by atoms with E-state index >= 15 is 0 Å². The molecule has 3 rings (SSSR count). The molecule has 0 aliphatic rings. The molecular weight excluding hydrogens is 601 g/mol. The number of nitrogens with zero attached hydrogens (tertiary/aromatic N) is 1. The van der Waals surface area contributed by atoms with E-state index in [9.17, 15) is 28.9 Å². The highest BCUT2D eigenvalue weighted by Gasteiger charge is 2.57. The molecule has 0 fully saturated rings. The number of hydrogen-bond donors (Lipinski definition) is 6. The van der Waals surface area contributed by atoms with Crippen LogP contribution < -0.4 is 22.5 Å². The zero-order valence-electron chi connectivity index (χ0n) is 24.9. The molecule has 45 heavy (non-hydrogen) atoms. The normalized spacial score (nSPS) is 15.1. The van der Waals surface area contributed by atoms with E-state index in [4.69, 9.17) is 26.5 Å². The maximum Gasteiger partial charge on any atom is 0.408 e. The van der Waals surface area contributed by atoms with Crippen LogP contribution in [-0.2, 0) is 36.4 Å². The molecule has 3 aromatic rings. The highest BCUT2D eigenvalue weighted by molar-refractivity contribution is 7.55. The maximum absolute atomic E-state index is 14.1. The van der Waals surface area contributed by atoms with Crippen LogP contribution in [0.1, 0.15) is 43.1 Å². The first-order chi connectivity index (χ1) is 21.2. The van der Waals surface area contributed by atoms with Crippen LogP contribution in [0.2, 0.25) is 0 Å². The molecule has 1 amide bonds. The molecule has 240 valence electrons. The van der Waals surface area contributed by atoms with Crippen LogP contribution in [-0.4, -0.2) is 45.1 Å². The number of carboxylic acids is 1. The summed E-state index contributed by atoms with van der Waals surface area (Å²) < 4.78 is 24.6. The Kier molecular flexibility index (Phi) is 12.0. The summed E-state index contributed by atoms with van der Waals surface area (Å²) in [6, 6.07) is 22.0. The van der Waals surface area contributed by atoms with Gasteiger partial charge in [0.2, 0.25) is 0 Å². The number of guanidine groups is 1. The van der Waals surface area contributed by atoms with Crippen LogP contribution in [0.5, 0.6) is 0 Å². The smallest absolute Gasteiger partial charge is 0.408 e. The lowest BCUT2D eigenvalue weighted by molar-refractivity contribution is -0.146. The first kappa shape index (κ1) is 34.9. The Balaban J connectivity index is 1.93. The van der Waals surface area contributed by atoms with E-state index in [2.05, 4.69) is 10.3 Å². The topological polar surface area (TPSA) is 230 Å². The van der Waals surface area contributed by atoms with Gasteiger partial charge in [0.1, 0.15) is 6.61 Å². The molecular formula is C31H38N5O8P. The molecule has 9 N–H and O–H groups in total. The van der Waals surface area contributed by atoms with E-state index < -0.39 is 48.8 Å². The van der Waals surface area contributed by atoms with E-state index in [1.54, 1.807) is 42.5 Å². The number of amides is 1. The number of nitrogens with two attached hydrogens (primary N) is 3. The second-order valence-electron chi connectivity index (χ2n) is 10.6. The number of carbonyl (C=O) groups is 3. The predicted molar refractivity (Wildman–Crippen MR) is 168 cm³/mol. The summed E-state index contributed by atoms with van der Waals surface area (Å²) in [5.74, 6) is -4.01. The number of aryl methyl sites for hydroxylation is 1. The third-order valence-corrected chi connectivity index (χ3v) is 9.20. The van der Waals surface area contributed by atoms with Gasteiger partial charge in [-0.05, 0) is 47.6 Å². The molecule has 0 aromatic heterocycles. The minimum Gasteiger partial charge on any atom is -0.479 e. The van der Waals surface area contributed by atoms with Crippen molar-refractivity contribution in [2.24, 2.45) is 28.1 Å². The molecule has 0 saturated carbocycles. The number of rotatable bonds is 15. The van der Waals surface area contributed by atoms with Crippen LogP contribution >= 0.6 is 7.60 Å². The van der Waals surface area contributed by atoms with Crippen molar-refractivity contribution in [3.63, 3.8) is 0 Å². The number of alkyl carbamates (subject to hydrolysis) is 1. The second-order valence-corrected chi connectivity index (χ2v) is 12.6. The Labute approximate surface area is 261 Å². The molecule has 0 aliphatic carbocycles. The lowest BCUT2D eigenvalue weighted by Gasteiger charge is -2.38. The molecule has 4 atom stereocenters. The van der Waals surface area contributed by atoms with E-state index in [0.29, 0.717) is 5.56 Å². The van der Waals surface area contributed by atoms with Gasteiger partial charge in [-0.15, -0.1) is 0 Å². The van der Waals surface area contributed by atoms with Crippen LogP contribution in [0.4, 0.5) is 10.5 Å². The SMILES string of the molecule is CC(C)C(N)(C(=O)C(CCc1ccccc1)NC(=O)OCc1ccccc1)P(=O)(O)OC(C(=O)O)c1cccc(N=C(N)N)c1. The zero-order valence-corrected chi connectivity index (χ0v) is 25.8. The van der Waals surface area contributed by atoms with Gasteiger partial charge in [0, 0.05) is 0 Å². The summed E-state index contributed by atoms with van der Waals surface area (Å²) in [4.78, 5) is 54.4. The molecule has 0 radical (unpaired) electrons. The number of carbonyl (C=O) groups excluding carboxylic acids is 2. The van der Waals surface area contributed by atoms with Crippen LogP contribution in [0, 0.1) is 5.92 Å². The molecule has 0 saturated heterocycles. The van der Waals surface area contributed by atoms with Crippen molar-refractivity contribution in [3.8, 4) is 0 Å². The lowest BCUT2D eigenvalue weighted by atomic mass is 9.92. The fourth-order valence-corrected chi connectivity index (χ4v) is 6.30. The number of Topliss-reactive ketones (excluding diaryl/α,β-unsaturated/α-hetero) is 1. The van der Waals surface area contributed by atoms with E-state index in [1.165, 1.54) is 38.1 Å². The molecule has 14 heteroatoms. The number of nitrogens with one attached hydrogen (secondary N) is 1. The molecule has 3 aromatic carbocycles. The van der Waals surface area contributed by atoms with Gasteiger partial charge in [0.15, 0.2) is 23.1 Å². The van der Waals surface area contributed by atoms with Crippen molar-refractivity contribution in [1.82, 2.24) is 5.32 Å². The molecule has 0 spiro atoms. The van der Waals surface area contributed by atoms with Gasteiger partial charge in [-0.1, -0.05) is 86.6 Å². The van der Waals surface area contributed by atoms with Gasteiger partial charge in [0.05, 0.1) is 11.7 Å². The number of ketones is 1. The van der Waals surface area contributed by atoms with Crippen molar-refractivity contribution >= 4 is 37.1 Å². The largest absolute Gasteiger partial charge is 0.479 e. The Morgan fingerprint density at radius 1 is 0.956 bits per heavy atom. The third kappa shape index (κ3) is 9.22. The van der Waals surface area contributed by atoms with Gasteiger partial charge in [-0.25, -0.2) is 14.6 Å². The molecule has 4 unspecified atom stereocenters. The van der Waals surface area contributed by atoms with Crippen molar-refractivity contribution in [2.45, 2.75) is 50.7 Å². The quantitative estimate of drug-likeness (QED) is 0.0797. The first-order valence-corrected chi connectivity index (χ1v) is 15.6. The predicted octanol–water partition coefficient (Wildman–Crippen LogP) is 3.73. The minimum absolute atomic E-state index is 0.0160. The number of aliphatic carboxylic acids is 1. The van der Waals surface area contributed by atoms with Gasteiger partial charge in [-0.3, -0.25) is 13.9 Å². The average molecular weight is 640 g/mol. The van der Waals surface area contributed by atoms with E-state index in [0.717, 1.165) is 5.56 Å². The Bertz CT molecular complexity index is 1550. The summed E-state index contributed by atoms with van der Waals surface area (Å²) in [6.45, 7) is 2.74. The number of benzene rings is 3. The van der Waals surface area contributed by atoms with Crippen molar-refractivity contribution in [1.29, 1.82) is 0 Å². The molecule has 0 bridgehead atoms. The zero-order chi connectivity index (χ0) is 33.2. The Morgan fingerprint density at radius 3 is 2.11 bits per heavy atom. The van der Waals surface area contributed by atoms with E-state index in [-0.39, 0.29) is 36.7 Å². The van der Waals surface area contributed by atoms with Gasteiger partial charge >= 0.3 is 19.7 Å². The standard InChI is InChI=1S/C31H38N5O8P/c1-20(2)31(34,45(41,42)44-26(28(38)39)23-14-9-15-24(18-23)35-29(32)33)27(37)25(17-16-21-10-5-3-6-11-21)36-30(40)43-19-22-12-7-4-8-13-22/h3-15,18,20,25-26H,16-17,19,34H2,1-2H3,(H,36,40)(H,38,39)(H,41,42)(H4,32,33,35). The van der Waals surface area contributed by atoms with Crippen LogP contribution in [0.25, 0.3) is 0 Å². The summed E-state index contributed by atoms with van der Waals surface area (Å²) in [5.41, 5.74) is 18.9. The van der Waals surface area contributed by atoms with Gasteiger partial charge in [-0.2, -0.15) is 0 Å². The summed E-state index contributed by atoms with van der Waals surface area (Å²) in [7, 11) is -5.33. The lowest BCUT2D eigenvalue weighted by Crippen LogP contribution is -2.60. The Morgan fingerprint density at radius 2 is 1.56 bits per heavy atom. The van der Waals surface area contributed by atoms with Gasteiger partial charge < -0.3 is 37.3 Å². The number of hydrogen-bond acceptors (Lipinski definition) is 8. The number of ether oxygens (including phenoxy) is 1. The van der Waals surface area contributed by atoms with Crippen molar-refractivity contribution < 1.29 is 38.2 Å². The molecule has 0 aliphatic heterocycles. The molecule has 13 nitrogen and oxygen atoms in total. The highest BCUT2D eigenvalue weighted by Crippen LogP contribution is 2.59. The summed E-state index contributed by atoms with van der Waals surface area (Å²) in [6.07, 6.45) is -2.71. The second kappa shape index (κ2) is 15.4. The summed E-state index contributed by atoms with van der Waals surface area (Å²) >= 11 is 0. The average Bonchev–Trinajstić information content (AvgIpc) is 3.00. The van der Waals surface area contributed by atoms with Crippen molar-refractivity contribution in [2.75, 3.05) is 0 Å². The summed E-state index contributed by atoms with van der Waals surface area (Å²) in [5, 5.41) is 9.80. The van der Waals surface area contributed by atoms with Crippen LogP contribution in [0.15, 0.2) is 89.9 Å². The highest BCUT2D eigenvalue weighted by atomic mass is 31.2. The maximum atomic E-state index is 14.1. The fraction of sp³-hybridized carbons (Fsp3) is 0.290. The number of carboxylic acid groups (broad SMARTS) is 1. The molecule has 0 heterocycles.